The van der Waals surface area contributed by atoms with E-state index in [-0.39, 0.29) is 5.78 Å². The molecule has 0 spiro atoms. The van der Waals surface area contributed by atoms with Crippen LogP contribution in [-0.2, 0) is 4.79 Å². The minimum absolute atomic E-state index is 0.167. The van der Waals surface area contributed by atoms with Crippen LogP contribution in [0.4, 0.5) is 0 Å². The molecule has 0 saturated carbocycles. The minimum Gasteiger partial charge on any atom is -0.310 e. The third-order valence-electron chi connectivity index (χ3n) is 0. The maximum atomic E-state index is 9.44. The number of ketones is 1. The summed E-state index contributed by atoms with van der Waals surface area (Å²) in [5.74, 6) is 0.167. The van der Waals surface area contributed by atoms with E-state index >= 15 is 0 Å². The van der Waals surface area contributed by atoms with Crippen LogP contribution in [0.1, 0.15) is 55.4 Å². The average molecular weight is 245 g/mol. The molecule has 3 heteroatoms. The van der Waals surface area contributed by atoms with Gasteiger partial charge in [-0.2, -0.15) is 0 Å². The Morgan fingerprint density at radius 3 is 0.938 bits per heavy atom. The molecule has 0 rings (SSSR count). The summed E-state index contributed by atoms with van der Waals surface area (Å²) < 4.78 is 0. The van der Waals surface area contributed by atoms with E-state index in [4.69, 9.17) is 5.41 Å². The van der Waals surface area contributed by atoms with Crippen LogP contribution in [0.25, 0.3) is 0 Å². The van der Waals surface area contributed by atoms with Gasteiger partial charge in [-0.25, -0.2) is 0 Å². The molecule has 16 heavy (non-hydrogen) atoms. The fourth-order valence-corrected chi connectivity index (χ4v) is 0. The van der Waals surface area contributed by atoms with E-state index in [0.717, 1.165) is 4.86 Å². The Balaban J connectivity index is -0.0000000600. The summed E-state index contributed by atoms with van der Waals surface area (Å²) in [6, 6.07) is 0. The molecule has 0 aliphatic carbocycles. The molecule has 0 unspecified atom stereocenters. The molecule has 1 N–H and O–H groups in total. The number of allylic oxidation sites excluding steroid dienone is 1. The molecular formula is C13H27NOS. The van der Waals surface area contributed by atoms with Gasteiger partial charge >= 0.3 is 0 Å². The Morgan fingerprint density at radius 1 is 0.938 bits per heavy atom. The highest BCUT2D eigenvalue weighted by Crippen LogP contribution is 1.73. The first kappa shape index (κ1) is 24.4. The van der Waals surface area contributed by atoms with Crippen molar-refractivity contribution in [2.24, 2.45) is 0 Å². The number of carbonyl (C=O) groups excluding carboxylic acids is 1. The Kier molecular flexibility index (Phi) is 30.1. The van der Waals surface area contributed by atoms with Crippen molar-refractivity contribution in [2.45, 2.75) is 55.4 Å². The maximum Gasteiger partial charge on any atom is 0.126 e. The van der Waals surface area contributed by atoms with Gasteiger partial charge in [-0.1, -0.05) is 17.8 Å². The summed E-state index contributed by atoms with van der Waals surface area (Å²) in [6.45, 7) is 17.9. The van der Waals surface area contributed by atoms with Crippen LogP contribution in [0.5, 0.6) is 0 Å². The molecule has 0 bridgehead atoms. The predicted octanol–water partition coefficient (Wildman–Crippen LogP) is 4.62. The van der Waals surface area contributed by atoms with Gasteiger partial charge in [0.25, 0.3) is 0 Å². The van der Waals surface area contributed by atoms with E-state index in [1.54, 1.807) is 13.8 Å². The Labute approximate surface area is 107 Å². The van der Waals surface area contributed by atoms with Crippen molar-refractivity contribution in [3.63, 3.8) is 0 Å². The highest BCUT2D eigenvalue weighted by molar-refractivity contribution is 7.80. The predicted molar refractivity (Wildman–Crippen MR) is 79.9 cm³/mol. The van der Waals surface area contributed by atoms with Crippen LogP contribution in [-0.4, -0.2) is 16.4 Å². The number of thiocarbonyl (C=S) groups is 1. The van der Waals surface area contributed by atoms with E-state index in [1.165, 1.54) is 19.4 Å². The third-order valence-corrected chi connectivity index (χ3v) is 0. The quantitative estimate of drug-likeness (QED) is 0.384. The van der Waals surface area contributed by atoms with Gasteiger partial charge in [-0.3, -0.25) is 0 Å². The highest BCUT2D eigenvalue weighted by Gasteiger charge is 1.62. The van der Waals surface area contributed by atoms with E-state index in [9.17, 15) is 4.79 Å². The first-order valence-corrected chi connectivity index (χ1v) is 5.42. The SMILES string of the molecule is C=C(C)C.CC(C)=N.CC(C)=O.CC(C)=S. The smallest absolute Gasteiger partial charge is 0.126 e. The van der Waals surface area contributed by atoms with Crippen LogP contribution in [0, 0.1) is 5.41 Å². The van der Waals surface area contributed by atoms with E-state index in [0.29, 0.717) is 5.71 Å². The first-order valence-electron chi connectivity index (χ1n) is 5.01. The largest absolute Gasteiger partial charge is 0.310 e. The summed E-state index contributed by atoms with van der Waals surface area (Å²) in [6.07, 6.45) is 0. The zero-order valence-electron chi connectivity index (χ0n) is 12.0. The molecule has 0 amide bonds. The lowest BCUT2D eigenvalue weighted by Gasteiger charge is -1.65. The lowest BCUT2D eigenvalue weighted by atomic mass is 10.4. The van der Waals surface area contributed by atoms with Gasteiger partial charge in [-0.05, 0) is 60.3 Å². The standard InChI is InChI=1S/C4H8.C3H7N.C3H6O.C3H6S/c1-4(2)3;3*1-3(2)4/h1H2,2-3H3;4H,1-2H3;2*1-2H3. The van der Waals surface area contributed by atoms with Gasteiger partial charge in [0, 0.05) is 5.71 Å². The fraction of sp³-hybridized carbons (Fsp3) is 0.615. The van der Waals surface area contributed by atoms with Crippen LogP contribution < -0.4 is 0 Å². The Bertz CT molecular complexity index is 156. The van der Waals surface area contributed by atoms with Crippen molar-refractivity contribution in [3.05, 3.63) is 12.2 Å². The highest BCUT2D eigenvalue weighted by atomic mass is 32.1. The summed E-state index contributed by atoms with van der Waals surface area (Å²) in [5, 5.41) is 6.50. The van der Waals surface area contributed by atoms with Gasteiger partial charge in [0.05, 0.1) is 0 Å². The fourth-order valence-electron chi connectivity index (χ4n) is 0. The van der Waals surface area contributed by atoms with Crippen molar-refractivity contribution in [1.82, 2.24) is 0 Å². The Morgan fingerprint density at radius 2 is 0.938 bits per heavy atom. The van der Waals surface area contributed by atoms with Gasteiger partial charge in [0.2, 0.25) is 0 Å². The second kappa shape index (κ2) is 19.7. The molecule has 0 aromatic heterocycles. The van der Waals surface area contributed by atoms with Crippen LogP contribution in [0.3, 0.4) is 0 Å². The molecular weight excluding hydrogens is 218 g/mol. The monoisotopic (exact) mass is 245 g/mol. The van der Waals surface area contributed by atoms with Crippen LogP contribution in [0.2, 0.25) is 0 Å². The van der Waals surface area contributed by atoms with Gasteiger partial charge in [0.1, 0.15) is 5.78 Å². The van der Waals surface area contributed by atoms with Gasteiger partial charge in [0.15, 0.2) is 0 Å². The van der Waals surface area contributed by atoms with Crippen molar-refractivity contribution < 1.29 is 4.79 Å². The molecule has 2 nitrogen and oxygen atoms in total. The van der Waals surface area contributed by atoms with Gasteiger partial charge < -0.3 is 10.2 Å². The molecule has 0 aromatic rings. The van der Waals surface area contributed by atoms with Crippen molar-refractivity contribution >= 4 is 28.6 Å². The van der Waals surface area contributed by atoms with Gasteiger partial charge in [-0.15, -0.1) is 6.58 Å². The number of carbonyl (C=O) groups is 1. The first-order chi connectivity index (χ1) is 6.93. The molecule has 0 atom stereocenters. The number of Topliss-reactive ketones (excluding diaryl/α,β-unsaturated/α-hetero) is 1. The molecule has 0 fully saturated rings. The second-order valence-corrected chi connectivity index (χ2v) is 4.84. The minimum atomic E-state index is 0.167. The molecule has 0 heterocycles. The summed E-state index contributed by atoms with van der Waals surface area (Å²) in [7, 11) is 0. The lowest BCUT2D eigenvalue weighted by molar-refractivity contribution is -0.114. The van der Waals surface area contributed by atoms with Crippen molar-refractivity contribution in [2.75, 3.05) is 0 Å². The van der Waals surface area contributed by atoms with Crippen LogP contribution in [0.15, 0.2) is 12.2 Å². The number of rotatable bonds is 0. The molecule has 0 aliphatic heterocycles. The Hall–Kier alpha value is -0.830. The summed E-state index contributed by atoms with van der Waals surface area (Å²) in [4.78, 5) is 10.4. The zero-order chi connectivity index (χ0) is 14.3. The zero-order valence-corrected chi connectivity index (χ0v) is 12.8. The lowest BCUT2D eigenvalue weighted by Crippen LogP contribution is -1.69. The number of hydrogen-bond acceptors (Lipinski definition) is 3. The topological polar surface area (TPSA) is 40.9 Å². The molecule has 0 saturated heterocycles. The maximum absolute atomic E-state index is 9.44. The van der Waals surface area contributed by atoms with E-state index < -0.39 is 0 Å². The summed E-state index contributed by atoms with van der Waals surface area (Å²) >= 11 is 4.54. The summed E-state index contributed by atoms with van der Waals surface area (Å²) in [5.41, 5.74) is 1.83. The molecule has 0 aliphatic rings. The molecule has 0 aromatic carbocycles. The number of hydrogen-bond donors (Lipinski definition) is 1. The molecule has 96 valence electrons. The third kappa shape index (κ3) is 2830. The normalized spacial score (nSPS) is 6.50. The van der Waals surface area contributed by atoms with E-state index in [2.05, 4.69) is 18.8 Å². The van der Waals surface area contributed by atoms with Crippen molar-refractivity contribution in [3.8, 4) is 0 Å². The average Bonchev–Trinajstić information content (AvgIpc) is 1.76. The van der Waals surface area contributed by atoms with E-state index in [1.807, 2.05) is 27.7 Å². The second-order valence-electron chi connectivity index (χ2n) is 4.02. The van der Waals surface area contributed by atoms with Crippen LogP contribution >= 0.6 is 12.2 Å². The number of nitrogens with one attached hydrogen (secondary N) is 1. The molecule has 0 radical (unpaired) electrons. The van der Waals surface area contributed by atoms with Crippen molar-refractivity contribution in [1.29, 1.82) is 5.41 Å².